The summed E-state index contributed by atoms with van der Waals surface area (Å²) < 4.78 is 50.2. The maximum Gasteiger partial charge on any atom is 0.416 e. The van der Waals surface area contributed by atoms with Gasteiger partial charge in [-0.2, -0.15) is 13.2 Å². The van der Waals surface area contributed by atoms with Gasteiger partial charge in [0.1, 0.15) is 13.2 Å². The minimum Gasteiger partial charge on any atom is -0.486 e. The Hall–Kier alpha value is -2.74. The normalized spacial score (nSPS) is 17.2. The van der Waals surface area contributed by atoms with Gasteiger partial charge in [-0.15, -0.1) is 0 Å². The predicted octanol–water partition coefficient (Wildman–Crippen LogP) is 3.84. The highest BCUT2D eigenvalue weighted by atomic mass is 19.4. The molecular formula is C24H27F3N2O3. The van der Waals surface area contributed by atoms with Crippen molar-refractivity contribution in [2.24, 2.45) is 0 Å². The number of carbonyl (C=O) groups excluding carboxylic acids is 1. The van der Waals surface area contributed by atoms with Crippen molar-refractivity contribution in [1.29, 1.82) is 0 Å². The molecule has 0 radical (unpaired) electrons. The number of likely N-dealkylation sites (tertiary alicyclic amines) is 1. The second kappa shape index (κ2) is 9.81. The van der Waals surface area contributed by atoms with E-state index >= 15 is 0 Å². The molecule has 1 amide bonds. The molecule has 1 unspecified atom stereocenters. The summed E-state index contributed by atoms with van der Waals surface area (Å²) in [4.78, 5) is 15.0. The van der Waals surface area contributed by atoms with E-state index in [1.165, 1.54) is 6.07 Å². The van der Waals surface area contributed by atoms with Gasteiger partial charge in [0.15, 0.2) is 11.5 Å². The van der Waals surface area contributed by atoms with Crippen LogP contribution in [0.4, 0.5) is 13.2 Å². The molecule has 32 heavy (non-hydrogen) atoms. The van der Waals surface area contributed by atoms with Crippen molar-refractivity contribution >= 4 is 5.91 Å². The zero-order valence-corrected chi connectivity index (χ0v) is 17.8. The number of ether oxygens (including phenoxy) is 2. The number of halogens is 3. The van der Waals surface area contributed by atoms with Crippen LogP contribution in [0.3, 0.4) is 0 Å². The van der Waals surface area contributed by atoms with Crippen LogP contribution in [0.25, 0.3) is 0 Å². The fourth-order valence-corrected chi connectivity index (χ4v) is 4.26. The van der Waals surface area contributed by atoms with Crippen LogP contribution in [0.1, 0.15) is 29.5 Å². The molecule has 0 saturated carbocycles. The van der Waals surface area contributed by atoms with Crippen molar-refractivity contribution in [3.63, 3.8) is 0 Å². The molecule has 5 nitrogen and oxygen atoms in total. The number of hydrogen-bond donors (Lipinski definition) is 1. The average molecular weight is 448 g/mol. The summed E-state index contributed by atoms with van der Waals surface area (Å²) in [7, 11) is 0. The predicted molar refractivity (Wildman–Crippen MR) is 114 cm³/mol. The third-order valence-electron chi connectivity index (χ3n) is 5.75. The Morgan fingerprint density at radius 1 is 1.00 bits per heavy atom. The number of carbonyl (C=O) groups is 1. The topological polar surface area (TPSA) is 50.8 Å². The summed E-state index contributed by atoms with van der Waals surface area (Å²) in [6, 6.07) is 10.5. The van der Waals surface area contributed by atoms with E-state index in [2.05, 4.69) is 10.2 Å². The van der Waals surface area contributed by atoms with E-state index in [0.29, 0.717) is 43.2 Å². The number of nitrogens with zero attached hydrogens (tertiary/aromatic N) is 1. The number of hydrogen-bond acceptors (Lipinski definition) is 4. The van der Waals surface area contributed by atoms with Gasteiger partial charge in [-0.3, -0.25) is 4.79 Å². The van der Waals surface area contributed by atoms with Crippen LogP contribution in [0.15, 0.2) is 42.5 Å². The van der Waals surface area contributed by atoms with Gasteiger partial charge in [0.25, 0.3) is 0 Å². The molecule has 2 aromatic rings. The van der Waals surface area contributed by atoms with Crippen LogP contribution < -0.4 is 14.8 Å². The summed E-state index contributed by atoms with van der Waals surface area (Å²) >= 11 is 0. The van der Waals surface area contributed by atoms with Crippen LogP contribution >= 0.6 is 0 Å². The van der Waals surface area contributed by atoms with Crippen molar-refractivity contribution in [2.45, 2.75) is 37.9 Å². The molecule has 0 bridgehead atoms. The highest BCUT2D eigenvalue weighted by Crippen LogP contribution is 2.31. The molecule has 1 fully saturated rings. The molecule has 2 aromatic carbocycles. The molecule has 0 spiro atoms. The van der Waals surface area contributed by atoms with Gasteiger partial charge in [0, 0.05) is 12.6 Å². The lowest BCUT2D eigenvalue weighted by atomic mass is 10.0. The lowest BCUT2D eigenvalue weighted by Crippen LogP contribution is -2.45. The molecule has 1 N–H and O–H groups in total. The molecule has 1 atom stereocenters. The quantitative estimate of drug-likeness (QED) is 0.699. The zero-order chi connectivity index (χ0) is 22.6. The molecular weight excluding hydrogens is 421 g/mol. The van der Waals surface area contributed by atoms with Gasteiger partial charge in [-0.25, -0.2) is 0 Å². The van der Waals surface area contributed by atoms with Crippen LogP contribution in [-0.2, 0) is 23.8 Å². The monoisotopic (exact) mass is 448 g/mol. The van der Waals surface area contributed by atoms with Crippen LogP contribution in [-0.4, -0.2) is 49.7 Å². The number of nitrogens with one attached hydrogen (secondary N) is 1. The van der Waals surface area contributed by atoms with Gasteiger partial charge in [-0.05, 0) is 61.7 Å². The molecule has 172 valence electrons. The minimum absolute atomic E-state index is 0.0957. The fraction of sp³-hybridized carbons (Fsp3) is 0.458. The largest absolute Gasteiger partial charge is 0.486 e. The first-order valence-electron chi connectivity index (χ1n) is 10.9. The number of rotatable bonds is 7. The minimum atomic E-state index is -4.43. The molecule has 2 heterocycles. The third-order valence-corrected chi connectivity index (χ3v) is 5.75. The smallest absolute Gasteiger partial charge is 0.416 e. The summed E-state index contributed by atoms with van der Waals surface area (Å²) in [5.41, 5.74) is 0.613. The number of benzene rings is 2. The Bertz CT molecular complexity index is 942. The molecule has 2 aliphatic heterocycles. The Balaban J connectivity index is 1.44. The van der Waals surface area contributed by atoms with Crippen LogP contribution in [0.5, 0.6) is 11.5 Å². The first-order valence-corrected chi connectivity index (χ1v) is 10.9. The highest BCUT2D eigenvalue weighted by molar-refractivity contribution is 5.79. The van der Waals surface area contributed by atoms with E-state index in [4.69, 9.17) is 9.47 Å². The molecule has 0 aromatic heterocycles. The molecule has 2 aliphatic rings. The SMILES string of the molecule is O=C(Cc1cccc(C(F)(F)F)c1)NC(Cc1ccc2c(c1)OCCO2)CN1CCCC1. The number of amides is 1. The Morgan fingerprint density at radius 2 is 1.75 bits per heavy atom. The molecule has 8 heteroatoms. The lowest BCUT2D eigenvalue weighted by Gasteiger charge is -2.25. The highest BCUT2D eigenvalue weighted by Gasteiger charge is 2.30. The summed E-state index contributed by atoms with van der Waals surface area (Å²) in [6.07, 6.45) is -1.66. The van der Waals surface area contributed by atoms with Gasteiger partial charge in [0.05, 0.1) is 12.0 Å². The zero-order valence-electron chi connectivity index (χ0n) is 17.8. The number of fused-ring (bicyclic) bond motifs is 1. The van der Waals surface area contributed by atoms with Gasteiger partial charge < -0.3 is 19.7 Å². The van der Waals surface area contributed by atoms with Crippen molar-refractivity contribution < 1.29 is 27.4 Å². The van der Waals surface area contributed by atoms with Crippen molar-refractivity contribution in [2.75, 3.05) is 32.8 Å². The summed E-state index contributed by atoms with van der Waals surface area (Å²) in [5, 5.41) is 3.05. The van der Waals surface area contributed by atoms with E-state index < -0.39 is 11.7 Å². The van der Waals surface area contributed by atoms with E-state index in [0.717, 1.165) is 43.6 Å². The standard InChI is InChI=1S/C24H27F3N2O3/c25-24(26,27)19-5-3-4-17(12-19)15-23(30)28-20(16-29-8-1-2-9-29)13-18-6-7-21-22(14-18)32-11-10-31-21/h3-7,12,14,20H,1-2,8-11,13,15-16H2,(H,28,30). The molecule has 0 aliphatic carbocycles. The summed E-state index contributed by atoms with van der Waals surface area (Å²) in [6.45, 7) is 3.70. The first-order chi connectivity index (χ1) is 15.4. The van der Waals surface area contributed by atoms with E-state index in [1.54, 1.807) is 6.07 Å². The maximum atomic E-state index is 13.0. The van der Waals surface area contributed by atoms with Gasteiger partial charge in [0.2, 0.25) is 5.91 Å². The van der Waals surface area contributed by atoms with Crippen molar-refractivity contribution in [1.82, 2.24) is 10.2 Å². The average Bonchev–Trinajstić information content (AvgIpc) is 3.26. The maximum absolute atomic E-state index is 13.0. The van der Waals surface area contributed by atoms with Gasteiger partial charge >= 0.3 is 6.18 Å². The molecule has 4 rings (SSSR count). The number of alkyl halides is 3. The van der Waals surface area contributed by atoms with Gasteiger partial charge in [-0.1, -0.05) is 24.3 Å². The van der Waals surface area contributed by atoms with Crippen LogP contribution in [0.2, 0.25) is 0 Å². The second-order valence-electron chi connectivity index (χ2n) is 8.33. The lowest BCUT2D eigenvalue weighted by molar-refractivity contribution is -0.137. The first kappa shape index (κ1) is 22.5. The van der Waals surface area contributed by atoms with E-state index in [9.17, 15) is 18.0 Å². The Kier molecular flexibility index (Phi) is 6.89. The Morgan fingerprint density at radius 3 is 2.50 bits per heavy atom. The van der Waals surface area contributed by atoms with Crippen LogP contribution in [0, 0.1) is 0 Å². The van der Waals surface area contributed by atoms with Crippen molar-refractivity contribution in [3.05, 3.63) is 59.2 Å². The van der Waals surface area contributed by atoms with Crippen molar-refractivity contribution in [3.8, 4) is 11.5 Å². The third kappa shape index (κ3) is 5.94. The van der Waals surface area contributed by atoms with E-state index in [-0.39, 0.29) is 18.4 Å². The fourth-order valence-electron chi connectivity index (χ4n) is 4.26. The van der Waals surface area contributed by atoms with E-state index in [1.807, 2.05) is 18.2 Å². The molecule has 1 saturated heterocycles. The Labute approximate surface area is 185 Å². The second-order valence-corrected chi connectivity index (χ2v) is 8.33. The summed E-state index contributed by atoms with van der Waals surface area (Å²) in [5.74, 6) is 1.12.